The first-order valence-corrected chi connectivity index (χ1v) is 7.82. The molecule has 0 aliphatic carbocycles. The first-order valence-electron chi connectivity index (χ1n) is 7.82. The molecule has 0 bridgehead atoms. The second-order valence-electron chi connectivity index (χ2n) is 6.00. The van der Waals surface area contributed by atoms with E-state index in [-0.39, 0.29) is 11.3 Å². The number of hydrogen-bond acceptors (Lipinski definition) is 4. The lowest BCUT2D eigenvalue weighted by molar-refractivity contribution is -0.133. The van der Waals surface area contributed by atoms with Crippen LogP contribution in [-0.4, -0.2) is 42.8 Å². The predicted octanol–water partition coefficient (Wildman–Crippen LogP) is 0.909. The quantitative estimate of drug-likeness (QED) is 0.710. The zero-order chi connectivity index (χ0) is 16.1. The van der Waals surface area contributed by atoms with Crippen LogP contribution in [0.3, 0.4) is 0 Å². The normalized spacial score (nSPS) is 15.7. The second-order valence-corrected chi connectivity index (χ2v) is 6.00. The van der Waals surface area contributed by atoms with E-state index in [1.54, 1.807) is 13.3 Å². The minimum absolute atomic E-state index is 0.110. The van der Waals surface area contributed by atoms with Gasteiger partial charge in [-0.2, -0.15) is 5.10 Å². The topological polar surface area (TPSA) is 79.0 Å². The maximum absolute atomic E-state index is 12.6. The highest BCUT2D eigenvalue weighted by atomic mass is 16.5. The van der Waals surface area contributed by atoms with Gasteiger partial charge in [-0.3, -0.25) is 9.89 Å². The highest BCUT2D eigenvalue weighted by molar-refractivity contribution is 5.84. The molecule has 122 valence electrons. The maximum atomic E-state index is 12.6. The molecule has 1 aromatic carbocycles. The number of amides is 1. The van der Waals surface area contributed by atoms with Crippen molar-refractivity contribution >= 4 is 5.91 Å². The summed E-state index contributed by atoms with van der Waals surface area (Å²) in [7, 11) is 1.65. The van der Waals surface area contributed by atoms with Crippen molar-refractivity contribution in [3.05, 3.63) is 47.8 Å². The monoisotopic (exact) mass is 314 g/mol. The number of rotatable bonds is 7. The largest absolute Gasteiger partial charge is 0.497 e. The average molecular weight is 314 g/mol. The first-order chi connectivity index (χ1) is 11.2. The van der Waals surface area contributed by atoms with Gasteiger partial charge in [0, 0.05) is 37.9 Å². The van der Waals surface area contributed by atoms with Crippen molar-refractivity contribution in [1.82, 2.24) is 20.8 Å². The van der Waals surface area contributed by atoms with Crippen molar-refractivity contribution in [3.63, 3.8) is 0 Å². The zero-order valence-corrected chi connectivity index (χ0v) is 13.3. The van der Waals surface area contributed by atoms with Crippen LogP contribution < -0.4 is 15.4 Å². The molecule has 0 saturated carbocycles. The molecule has 1 amide bonds. The summed E-state index contributed by atoms with van der Waals surface area (Å²) in [5.41, 5.74) is 1.79. The second kappa shape index (κ2) is 6.83. The molecule has 0 atom stereocenters. The average Bonchev–Trinajstić information content (AvgIpc) is 3.04. The van der Waals surface area contributed by atoms with E-state index in [1.165, 1.54) is 0 Å². The molecule has 1 aliphatic rings. The van der Waals surface area contributed by atoms with Crippen LogP contribution in [0.2, 0.25) is 0 Å². The van der Waals surface area contributed by atoms with Gasteiger partial charge in [-0.05, 0) is 30.2 Å². The highest BCUT2D eigenvalue weighted by Gasteiger charge is 2.44. The number of nitrogens with one attached hydrogen (secondary N) is 3. The summed E-state index contributed by atoms with van der Waals surface area (Å²) in [6, 6.07) is 9.84. The fraction of sp³-hybridized carbons (Fsp3) is 0.412. The minimum Gasteiger partial charge on any atom is -0.497 e. The molecule has 0 spiro atoms. The third-order valence-electron chi connectivity index (χ3n) is 4.32. The lowest BCUT2D eigenvalue weighted by atomic mass is 9.75. The molecule has 1 fully saturated rings. The van der Waals surface area contributed by atoms with E-state index in [9.17, 15) is 4.79 Å². The predicted molar refractivity (Wildman–Crippen MR) is 87.3 cm³/mol. The lowest BCUT2D eigenvalue weighted by Gasteiger charge is -2.41. The molecule has 23 heavy (non-hydrogen) atoms. The number of benzene rings is 1. The molecule has 1 aromatic heterocycles. The summed E-state index contributed by atoms with van der Waals surface area (Å²) in [6.45, 7) is 2.03. The molecule has 1 saturated heterocycles. The Bertz CT molecular complexity index is 650. The van der Waals surface area contributed by atoms with Crippen LogP contribution >= 0.6 is 0 Å². The standard InChI is InChI=1S/C17H22N4O2/c1-23-15-4-2-3-13(9-15)10-17(11-18-12-17)16(22)19-7-5-14-6-8-20-21-14/h2-4,6,8-9,18H,5,7,10-12H2,1H3,(H,19,22)(H,20,21). The van der Waals surface area contributed by atoms with Crippen molar-refractivity contribution in [2.24, 2.45) is 5.41 Å². The summed E-state index contributed by atoms with van der Waals surface area (Å²) in [5.74, 6) is 0.933. The molecule has 0 radical (unpaired) electrons. The van der Waals surface area contributed by atoms with Gasteiger partial charge < -0.3 is 15.4 Å². The van der Waals surface area contributed by atoms with Crippen molar-refractivity contribution < 1.29 is 9.53 Å². The Morgan fingerprint density at radius 3 is 2.91 bits per heavy atom. The van der Waals surface area contributed by atoms with E-state index in [2.05, 4.69) is 20.8 Å². The van der Waals surface area contributed by atoms with Crippen molar-refractivity contribution in [2.75, 3.05) is 26.7 Å². The van der Waals surface area contributed by atoms with Gasteiger partial charge >= 0.3 is 0 Å². The Balaban J connectivity index is 1.59. The zero-order valence-electron chi connectivity index (χ0n) is 13.3. The van der Waals surface area contributed by atoms with E-state index < -0.39 is 0 Å². The van der Waals surface area contributed by atoms with E-state index >= 15 is 0 Å². The Morgan fingerprint density at radius 1 is 1.39 bits per heavy atom. The molecule has 1 aliphatic heterocycles. The number of ether oxygens (including phenoxy) is 1. The van der Waals surface area contributed by atoms with Gasteiger partial charge in [0.1, 0.15) is 5.75 Å². The lowest BCUT2D eigenvalue weighted by Crippen LogP contribution is -2.62. The third-order valence-corrected chi connectivity index (χ3v) is 4.32. The number of aromatic nitrogens is 2. The first kappa shape index (κ1) is 15.6. The van der Waals surface area contributed by atoms with Crippen molar-refractivity contribution in [2.45, 2.75) is 12.8 Å². The molecule has 6 nitrogen and oxygen atoms in total. The molecular weight excluding hydrogens is 292 g/mol. The maximum Gasteiger partial charge on any atom is 0.229 e. The molecule has 0 unspecified atom stereocenters. The van der Waals surface area contributed by atoms with Crippen LogP contribution in [0.4, 0.5) is 0 Å². The fourth-order valence-corrected chi connectivity index (χ4v) is 2.89. The smallest absolute Gasteiger partial charge is 0.229 e. The van der Waals surface area contributed by atoms with E-state index in [0.717, 1.165) is 23.4 Å². The van der Waals surface area contributed by atoms with Crippen LogP contribution in [0.5, 0.6) is 5.75 Å². The Kier molecular flexibility index (Phi) is 4.62. The van der Waals surface area contributed by atoms with Crippen molar-refractivity contribution in [3.8, 4) is 5.75 Å². The molecule has 2 aromatic rings. The highest BCUT2D eigenvalue weighted by Crippen LogP contribution is 2.29. The fourth-order valence-electron chi connectivity index (χ4n) is 2.89. The van der Waals surface area contributed by atoms with E-state index in [1.807, 2.05) is 30.3 Å². The number of hydrogen-bond donors (Lipinski definition) is 3. The van der Waals surface area contributed by atoms with Crippen LogP contribution in [-0.2, 0) is 17.6 Å². The van der Waals surface area contributed by atoms with Crippen LogP contribution in [0.1, 0.15) is 11.3 Å². The Hall–Kier alpha value is -2.34. The number of aromatic amines is 1. The number of methoxy groups -OCH3 is 1. The minimum atomic E-state index is -0.361. The van der Waals surface area contributed by atoms with Gasteiger partial charge in [-0.1, -0.05) is 12.1 Å². The Labute approximate surface area is 135 Å². The van der Waals surface area contributed by atoms with Gasteiger partial charge in [0.25, 0.3) is 0 Å². The van der Waals surface area contributed by atoms with Gasteiger partial charge in [0.15, 0.2) is 0 Å². The number of carbonyl (C=O) groups excluding carboxylic acids is 1. The van der Waals surface area contributed by atoms with Crippen LogP contribution in [0.15, 0.2) is 36.5 Å². The molecule has 6 heteroatoms. The van der Waals surface area contributed by atoms with E-state index in [0.29, 0.717) is 26.1 Å². The van der Waals surface area contributed by atoms with Gasteiger partial charge in [0.2, 0.25) is 5.91 Å². The summed E-state index contributed by atoms with van der Waals surface area (Å²) >= 11 is 0. The number of nitrogens with zero attached hydrogens (tertiary/aromatic N) is 1. The number of carbonyl (C=O) groups is 1. The van der Waals surface area contributed by atoms with Crippen LogP contribution in [0, 0.1) is 5.41 Å². The molecule has 2 heterocycles. The van der Waals surface area contributed by atoms with Crippen LogP contribution in [0.25, 0.3) is 0 Å². The Morgan fingerprint density at radius 2 is 2.26 bits per heavy atom. The number of H-pyrrole nitrogens is 1. The molecular formula is C17H22N4O2. The van der Waals surface area contributed by atoms with Crippen molar-refractivity contribution in [1.29, 1.82) is 0 Å². The summed E-state index contributed by atoms with van der Waals surface area (Å²) in [6.07, 6.45) is 3.19. The summed E-state index contributed by atoms with van der Waals surface area (Å²) in [4.78, 5) is 12.6. The van der Waals surface area contributed by atoms with Gasteiger partial charge in [-0.15, -0.1) is 0 Å². The molecule has 3 N–H and O–H groups in total. The summed E-state index contributed by atoms with van der Waals surface area (Å²) < 4.78 is 5.26. The third kappa shape index (κ3) is 3.53. The van der Waals surface area contributed by atoms with E-state index in [4.69, 9.17) is 4.74 Å². The molecule has 3 rings (SSSR count). The SMILES string of the molecule is COc1cccc(CC2(C(=O)NCCc3ccn[nH]3)CNC2)c1. The van der Waals surface area contributed by atoms with Gasteiger partial charge in [0.05, 0.1) is 12.5 Å². The van der Waals surface area contributed by atoms with Gasteiger partial charge in [-0.25, -0.2) is 0 Å². The summed E-state index contributed by atoms with van der Waals surface area (Å²) in [5, 5.41) is 13.1.